The number of aromatic carboxylic acids is 1. The van der Waals surface area contributed by atoms with Gasteiger partial charge in [0.05, 0.1) is 21.3 Å². The third-order valence-corrected chi connectivity index (χ3v) is 4.49. The third kappa shape index (κ3) is 3.16. The molecule has 0 saturated carbocycles. The summed E-state index contributed by atoms with van der Waals surface area (Å²) in [6.07, 6.45) is 0. The lowest BCUT2D eigenvalue weighted by Gasteiger charge is -2.13. The first-order valence-corrected chi connectivity index (χ1v) is 8.04. The maximum absolute atomic E-state index is 13.0. The largest absolute Gasteiger partial charge is 0.476 e. The van der Waals surface area contributed by atoms with Crippen LogP contribution in [-0.4, -0.2) is 20.9 Å². The van der Waals surface area contributed by atoms with Crippen molar-refractivity contribution in [2.45, 2.75) is 6.92 Å². The molecule has 0 aliphatic rings. The lowest BCUT2D eigenvalue weighted by atomic mass is 10.0. The molecule has 7 heteroatoms. The first kappa shape index (κ1) is 17.2. The maximum atomic E-state index is 13.0. The Morgan fingerprint density at radius 1 is 1.08 bits per heavy atom. The Morgan fingerprint density at radius 3 is 2.36 bits per heavy atom. The van der Waals surface area contributed by atoms with Crippen molar-refractivity contribution in [2.24, 2.45) is 0 Å². The lowest BCUT2D eigenvalue weighted by Crippen LogP contribution is -2.27. The van der Waals surface area contributed by atoms with Crippen molar-refractivity contribution < 1.29 is 9.90 Å². The van der Waals surface area contributed by atoms with Gasteiger partial charge in [0.15, 0.2) is 5.69 Å². The molecule has 0 bridgehead atoms. The smallest absolute Gasteiger partial charge is 0.356 e. The molecule has 126 valence electrons. The quantitative estimate of drug-likeness (QED) is 0.744. The van der Waals surface area contributed by atoms with Crippen LogP contribution in [0.4, 0.5) is 0 Å². The molecule has 1 heterocycles. The van der Waals surface area contributed by atoms with Crippen LogP contribution >= 0.6 is 23.2 Å². The monoisotopic (exact) mass is 374 g/mol. The van der Waals surface area contributed by atoms with Crippen LogP contribution in [0.1, 0.15) is 16.1 Å². The van der Waals surface area contributed by atoms with E-state index < -0.39 is 11.5 Å². The summed E-state index contributed by atoms with van der Waals surface area (Å²) in [7, 11) is 0. The predicted molar refractivity (Wildman–Crippen MR) is 97.0 cm³/mol. The normalized spacial score (nSPS) is 10.7. The minimum Gasteiger partial charge on any atom is -0.476 e. The molecule has 1 aromatic heterocycles. The highest BCUT2D eigenvalue weighted by molar-refractivity contribution is 6.42. The highest BCUT2D eigenvalue weighted by Crippen LogP contribution is 2.29. The van der Waals surface area contributed by atoms with Gasteiger partial charge in [-0.15, -0.1) is 0 Å². The molecule has 5 nitrogen and oxygen atoms in total. The molecule has 0 atom stereocenters. The number of para-hydroxylation sites is 1. The zero-order chi connectivity index (χ0) is 18.1. The van der Waals surface area contributed by atoms with Gasteiger partial charge in [0.1, 0.15) is 0 Å². The standard InChI is InChI=1S/C18H12Cl2N2O3/c1-10-15(11-7-8-13(19)14(20)9-11)17(23)22(21-16(10)18(24)25)12-5-3-2-4-6-12/h2-9H,1H3,(H,24,25). The number of benzene rings is 2. The molecule has 0 aliphatic heterocycles. The molecule has 0 saturated heterocycles. The van der Waals surface area contributed by atoms with Gasteiger partial charge in [-0.3, -0.25) is 4.79 Å². The van der Waals surface area contributed by atoms with E-state index in [9.17, 15) is 14.7 Å². The van der Waals surface area contributed by atoms with Gasteiger partial charge in [0.25, 0.3) is 5.56 Å². The molecule has 3 aromatic rings. The van der Waals surface area contributed by atoms with Gasteiger partial charge in [-0.1, -0.05) is 47.5 Å². The average Bonchev–Trinajstić information content (AvgIpc) is 2.58. The fourth-order valence-corrected chi connectivity index (χ4v) is 2.84. The second-order valence-electron chi connectivity index (χ2n) is 5.34. The minimum absolute atomic E-state index is 0.204. The van der Waals surface area contributed by atoms with E-state index in [4.69, 9.17) is 23.2 Å². The number of carbonyl (C=O) groups is 1. The first-order chi connectivity index (χ1) is 11.9. The van der Waals surface area contributed by atoms with Crippen molar-refractivity contribution in [2.75, 3.05) is 0 Å². The van der Waals surface area contributed by atoms with Gasteiger partial charge in [0.2, 0.25) is 0 Å². The summed E-state index contributed by atoms with van der Waals surface area (Å²) in [6, 6.07) is 13.3. The molecule has 25 heavy (non-hydrogen) atoms. The van der Waals surface area contributed by atoms with Crippen LogP contribution in [0.25, 0.3) is 16.8 Å². The van der Waals surface area contributed by atoms with Crippen LogP contribution in [0.15, 0.2) is 53.3 Å². The number of carboxylic acid groups (broad SMARTS) is 1. The number of halogens is 2. The zero-order valence-corrected chi connectivity index (χ0v) is 14.5. The van der Waals surface area contributed by atoms with Crippen LogP contribution in [-0.2, 0) is 0 Å². The highest BCUT2D eigenvalue weighted by Gasteiger charge is 2.21. The molecular weight excluding hydrogens is 363 g/mol. The number of hydrogen-bond acceptors (Lipinski definition) is 3. The molecule has 0 unspecified atom stereocenters. The molecular formula is C18H12Cl2N2O3. The second-order valence-corrected chi connectivity index (χ2v) is 6.15. The second kappa shape index (κ2) is 6.70. The van der Waals surface area contributed by atoms with E-state index in [0.29, 0.717) is 16.3 Å². The molecule has 1 N–H and O–H groups in total. The molecule has 0 spiro atoms. The van der Waals surface area contributed by atoms with Crippen molar-refractivity contribution in [1.29, 1.82) is 0 Å². The highest BCUT2D eigenvalue weighted by atomic mass is 35.5. The predicted octanol–water partition coefficient (Wildman–Crippen LogP) is 4.21. The van der Waals surface area contributed by atoms with Crippen molar-refractivity contribution in [3.05, 3.63) is 80.2 Å². The number of carboxylic acids is 1. The summed E-state index contributed by atoms with van der Waals surface area (Å²) in [4.78, 5) is 24.6. The summed E-state index contributed by atoms with van der Waals surface area (Å²) in [5, 5.41) is 14.1. The van der Waals surface area contributed by atoms with E-state index in [1.807, 2.05) is 0 Å². The average molecular weight is 375 g/mol. The Bertz CT molecular complexity index is 1030. The number of aromatic nitrogens is 2. The lowest BCUT2D eigenvalue weighted by molar-refractivity contribution is 0.0687. The van der Waals surface area contributed by atoms with Crippen LogP contribution in [0.2, 0.25) is 10.0 Å². The van der Waals surface area contributed by atoms with Gasteiger partial charge in [0, 0.05) is 0 Å². The van der Waals surface area contributed by atoms with E-state index in [0.717, 1.165) is 4.68 Å². The van der Waals surface area contributed by atoms with Crippen molar-refractivity contribution in [3.8, 4) is 16.8 Å². The molecule has 3 rings (SSSR count). The van der Waals surface area contributed by atoms with E-state index in [1.165, 1.54) is 6.07 Å². The summed E-state index contributed by atoms with van der Waals surface area (Å²) in [6.45, 7) is 1.55. The summed E-state index contributed by atoms with van der Waals surface area (Å²) >= 11 is 12.0. The van der Waals surface area contributed by atoms with E-state index >= 15 is 0 Å². The fourth-order valence-electron chi connectivity index (χ4n) is 2.54. The van der Waals surface area contributed by atoms with Crippen molar-refractivity contribution in [1.82, 2.24) is 9.78 Å². The van der Waals surface area contributed by atoms with Crippen LogP contribution in [0.5, 0.6) is 0 Å². The number of nitrogens with zero attached hydrogens (tertiary/aromatic N) is 2. The van der Waals surface area contributed by atoms with Gasteiger partial charge in [-0.2, -0.15) is 9.78 Å². The number of rotatable bonds is 3. The van der Waals surface area contributed by atoms with Gasteiger partial charge < -0.3 is 5.11 Å². The molecule has 0 radical (unpaired) electrons. The van der Waals surface area contributed by atoms with Crippen LogP contribution in [0, 0.1) is 6.92 Å². The summed E-state index contributed by atoms with van der Waals surface area (Å²) in [5.74, 6) is -1.22. The molecule has 2 aromatic carbocycles. The van der Waals surface area contributed by atoms with E-state index in [-0.39, 0.29) is 21.8 Å². The zero-order valence-electron chi connectivity index (χ0n) is 13.0. The Labute approximate surface area is 153 Å². The Hall–Kier alpha value is -2.63. The van der Waals surface area contributed by atoms with Crippen LogP contribution in [0.3, 0.4) is 0 Å². The topological polar surface area (TPSA) is 72.2 Å². The molecule has 0 amide bonds. The fraction of sp³-hybridized carbons (Fsp3) is 0.0556. The Morgan fingerprint density at radius 2 is 1.76 bits per heavy atom. The van der Waals surface area contributed by atoms with Gasteiger partial charge in [-0.25, -0.2) is 4.79 Å². The van der Waals surface area contributed by atoms with Gasteiger partial charge in [-0.05, 0) is 42.3 Å². The SMILES string of the molecule is Cc1c(C(=O)O)nn(-c2ccccc2)c(=O)c1-c1ccc(Cl)c(Cl)c1. The van der Waals surface area contributed by atoms with Crippen molar-refractivity contribution in [3.63, 3.8) is 0 Å². The van der Waals surface area contributed by atoms with E-state index in [2.05, 4.69) is 5.10 Å². The number of hydrogen-bond donors (Lipinski definition) is 1. The van der Waals surface area contributed by atoms with E-state index in [1.54, 1.807) is 49.4 Å². The van der Waals surface area contributed by atoms with Crippen molar-refractivity contribution >= 4 is 29.2 Å². The first-order valence-electron chi connectivity index (χ1n) is 7.28. The minimum atomic E-state index is -1.22. The maximum Gasteiger partial charge on any atom is 0.356 e. The van der Waals surface area contributed by atoms with Gasteiger partial charge >= 0.3 is 5.97 Å². The van der Waals surface area contributed by atoms with Crippen LogP contribution < -0.4 is 5.56 Å². The third-order valence-electron chi connectivity index (χ3n) is 3.75. The Kier molecular flexibility index (Phi) is 4.61. The molecule has 0 aliphatic carbocycles. The Balaban J connectivity index is 2.38. The summed E-state index contributed by atoms with van der Waals surface area (Å²) in [5.41, 5.74) is 0.789. The molecule has 0 fully saturated rings. The summed E-state index contributed by atoms with van der Waals surface area (Å²) < 4.78 is 1.08.